The average Bonchev–Trinajstić information content (AvgIpc) is 2.75. The molecule has 1 aliphatic rings. The van der Waals surface area contributed by atoms with Crippen molar-refractivity contribution in [3.8, 4) is 0 Å². The lowest BCUT2D eigenvalue weighted by atomic mass is 10.0. The zero-order valence-corrected chi connectivity index (χ0v) is 10.5. The molecule has 0 saturated heterocycles. The predicted octanol–water partition coefficient (Wildman–Crippen LogP) is 2.85. The van der Waals surface area contributed by atoms with Crippen LogP contribution in [-0.4, -0.2) is 18.5 Å². The first-order valence-electron chi connectivity index (χ1n) is 6.21. The number of anilines is 1. The summed E-state index contributed by atoms with van der Waals surface area (Å²) in [6.45, 7) is 5.17. The molecule has 1 aliphatic heterocycles. The van der Waals surface area contributed by atoms with E-state index in [0.29, 0.717) is 12.6 Å². The van der Waals surface area contributed by atoms with E-state index in [2.05, 4.69) is 18.8 Å². The van der Waals surface area contributed by atoms with Crippen molar-refractivity contribution in [3.63, 3.8) is 0 Å². The maximum atomic E-state index is 5.75. The van der Waals surface area contributed by atoms with Gasteiger partial charge in [-0.15, -0.1) is 0 Å². The van der Waals surface area contributed by atoms with Crippen LogP contribution in [0.3, 0.4) is 0 Å². The van der Waals surface area contributed by atoms with E-state index in [0.717, 1.165) is 29.5 Å². The number of rotatable bonds is 4. The van der Waals surface area contributed by atoms with E-state index in [1.807, 2.05) is 24.3 Å². The van der Waals surface area contributed by atoms with Crippen LogP contribution in [0, 0.1) is 5.92 Å². The summed E-state index contributed by atoms with van der Waals surface area (Å²) in [7, 11) is 0. The first-order valence-corrected chi connectivity index (χ1v) is 6.21. The molecule has 3 nitrogen and oxygen atoms in total. The summed E-state index contributed by atoms with van der Waals surface area (Å²) < 4.78 is 5.63. The molecule has 2 N–H and O–H groups in total. The molecular weight excluding hydrogens is 212 g/mol. The van der Waals surface area contributed by atoms with Crippen LogP contribution in [0.25, 0.3) is 0 Å². The number of nitrogen functional groups attached to an aromatic ring is 1. The second kappa shape index (κ2) is 5.21. The molecule has 0 bridgehead atoms. The minimum Gasteiger partial charge on any atom is -0.475 e. The standard InChI is InChI=1S/C14H20N2O/c1-10(2)6-7-13-9-17-14(16-13)11-4-3-5-12(15)8-11/h3-5,8,10,13H,6-7,9,15H2,1-2H3/t13-/m0/s1. The minimum atomic E-state index is 0.314. The third kappa shape index (κ3) is 3.22. The van der Waals surface area contributed by atoms with Gasteiger partial charge < -0.3 is 10.5 Å². The molecule has 0 amide bonds. The smallest absolute Gasteiger partial charge is 0.216 e. The van der Waals surface area contributed by atoms with Gasteiger partial charge in [0.25, 0.3) is 0 Å². The van der Waals surface area contributed by atoms with Crippen molar-refractivity contribution in [2.24, 2.45) is 10.9 Å². The summed E-state index contributed by atoms with van der Waals surface area (Å²) >= 11 is 0. The van der Waals surface area contributed by atoms with E-state index in [9.17, 15) is 0 Å². The van der Waals surface area contributed by atoms with Crippen LogP contribution in [0.15, 0.2) is 29.3 Å². The van der Waals surface area contributed by atoms with Crippen molar-refractivity contribution in [2.45, 2.75) is 32.7 Å². The van der Waals surface area contributed by atoms with Crippen molar-refractivity contribution < 1.29 is 4.74 Å². The van der Waals surface area contributed by atoms with Gasteiger partial charge in [-0.1, -0.05) is 19.9 Å². The Hall–Kier alpha value is -1.51. The van der Waals surface area contributed by atoms with Gasteiger partial charge in [-0.05, 0) is 37.0 Å². The summed E-state index contributed by atoms with van der Waals surface area (Å²) in [5.41, 5.74) is 7.48. The van der Waals surface area contributed by atoms with E-state index in [-0.39, 0.29) is 0 Å². The highest BCUT2D eigenvalue weighted by Crippen LogP contribution is 2.18. The Morgan fingerprint density at radius 2 is 2.29 bits per heavy atom. The molecule has 0 fully saturated rings. The van der Waals surface area contributed by atoms with Gasteiger partial charge in [0.15, 0.2) is 0 Å². The van der Waals surface area contributed by atoms with Crippen molar-refractivity contribution in [1.82, 2.24) is 0 Å². The molecule has 1 aromatic carbocycles. The normalized spacial score (nSPS) is 19.2. The number of hydrogen-bond donors (Lipinski definition) is 1. The molecule has 2 rings (SSSR count). The van der Waals surface area contributed by atoms with Crippen molar-refractivity contribution in [2.75, 3.05) is 12.3 Å². The molecule has 92 valence electrons. The number of nitrogens with two attached hydrogens (primary N) is 1. The zero-order chi connectivity index (χ0) is 12.3. The largest absolute Gasteiger partial charge is 0.475 e. The highest BCUT2D eigenvalue weighted by Gasteiger charge is 2.20. The van der Waals surface area contributed by atoms with Crippen molar-refractivity contribution >= 4 is 11.6 Å². The van der Waals surface area contributed by atoms with Gasteiger partial charge >= 0.3 is 0 Å². The Kier molecular flexibility index (Phi) is 3.67. The Morgan fingerprint density at radius 1 is 1.47 bits per heavy atom. The van der Waals surface area contributed by atoms with E-state index in [1.54, 1.807) is 0 Å². The monoisotopic (exact) mass is 232 g/mol. The first kappa shape index (κ1) is 12.0. The predicted molar refractivity (Wildman–Crippen MR) is 71.2 cm³/mol. The fraction of sp³-hybridized carbons (Fsp3) is 0.500. The highest BCUT2D eigenvalue weighted by molar-refractivity contribution is 5.95. The van der Waals surface area contributed by atoms with Crippen LogP contribution < -0.4 is 5.73 Å². The Bertz CT molecular complexity index is 412. The van der Waals surface area contributed by atoms with E-state index in [1.165, 1.54) is 6.42 Å². The fourth-order valence-corrected chi connectivity index (χ4v) is 1.92. The van der Waals surface area contributed by atoms with Crippen molar-refractivity contribution in [1.29, 1.82) is 0 Å². The van der Waals surface area contributed by atoms with Crippen molar-refractivity contribution in [3.05, 3.63) is 29.8 Å². The van der Waals surface area contributed by atoms with Gasteiger partial charge in [-0.3, -0.25) is 0 Å². The summed E-state index contributed by atoms with van der Waals surface area (Å²) in [5.74, 6) is 1.47. The molecule has 3 heteroatoms. The summed E-state index contributed by atoms with van der Waals surface area (Å²) in [6.07, 6.45) is 2.30. The number of nitrogens with zero attached hydrogens (tertiary/aromatic N) is 1. The van der Waals surface area contributed by atoms with Gasteiger partial charge in [0, 0.05) is 11.3 Å². The molecule has 1 aromatic rings. The molecule has 0 aliphatic carbocycles. The van der Waals surface area contributed by atoms with Gasteiger partial charge in [0.05, 0.1) is 6.04 Å². The second-order valence-electron chi connectivity index (χ2n) is 5.00. The van der Waals surface area contributed by atoms with E-state index < -0.39 is 0 Å². The lowest BCUT2D eigenvalue weighted by Crippen LogP contribution is -2.07. The third-order valence-corrected chi connectivity index (χ3v) is 2.92. The van der Waals surface area contributed by atoms with Crippen LogP contribution in [0.4, 0.5) is 5.69 Å². The van der Waals surface area contributed by atoms with Crippen LogP contribution in [-0.2, 0) is 4.74 Å². The van der Waals surface area contributed by atoms with E-state index in [4.69, 9.17) is 10.5 Å². The van der Waals surface area contributed by atoms with E-state index >= 15 is 0 Å². The lowest BCUT2D eigenvalue weighted by molar-refractivity contribution is 0.306. The number of hydrogen-bond acceptors (Lipinski definition) is 3. The number of ether oxygens (including phenoxy) is 1. The first-order chi connectivity index (χ1) is 8.15. The SMILES string of the molecule is CC(C)CC[C@H]1COC(c2cccc(N)c2)=N1. The van der Waals surface area contributed by atoms with Gasteiger partial charge in [-0.25, -0.2) is 4.99 Å². The van der Waals surface area contributed by atoms with Gasteiger partial charge in [-0.2, -0.15) is 0 Å². The summed E-state index contributed by atoms with van der Waals surface area (Å²) in [4.78, 5) is 4.61. The Balaban J connectivity index is 2.01. The summed E-state index contributed by atoms with van der Waals surface area (Å²) in [5, 5.41) is 0. The topological polar surface area (TPSA) is 47.6 Å². The maximum Gasteiger partial charge on any atom is 0.216 e. The molecular formula is C14H20N2O. The second-order valence-corrected chi connectivity index (χ2v) is 5.00. The molecule has 0 aromatic heterocycles. The van der Waals surface area contributed by atoms with Gasteiger partial charge in [0.2, 0.25) is 5.90 Å². The molecule has 17 heavy (non-hydrogen) atoms. The molecule has 0 saturated carbocycles. The molecule has 0 spiro atoms. The minimum absolute atomic E-state index is 0.314. The summed E-state index contributed by atoms with van der Waals surface area (Å²) in [6, 6.07) is 8.01. The molecule has 0 radical (unpaired) electrons. The molecule has 0 unspecified atom stereocenters. The Morgan fingerprint density at radius 3 is 3.00 bits per heavy atom. The average molecular weight is 232 g/mol. The third-order valence-electron chi connectivity index (χ3n) is 2.92. The number of benzene rings is 1. The quantitative estimate of drug-likeness (QED) is 0.811. The van der Waals surface area contributed by atoms with Gasteiger partial charge in [0.1, 0.15) is 6.61 Å². The maximum absolute atomic E-state index is 5.75. The fourth-order valence-electron chi connectivity index (χ4n) is 1.92. The molecule has 1 heterocycles. The van der Waals surface area contributed by atoms with Crippen LogP contribution >= 0.6 is 0 Å². The van der Waals surface area contributed by atoms with Crippen LogP contribution in [0.1, 0.15) is 32.3 Å². The molecule has 1 atom stereocenters. The number of aliphatic imine (C=N–C) groups is 1. The highest BCUT2D eigenvalue weighted by atomic mass is 16.5. The lowest BCUT2D eigenvalue weighted by Gasteiger charge is -2.06. The van der Waals surface area contributed by atoms with Crippen LogP contribution in [0.2, 0.25) is 0 Å². The zero-order valence-electron chi connectivity index (χ0n) is 10.5. The Labute approximate surface area is 103 Å². The van der Waals surface area contributed by atoms with Crippen LogP contribution in [0.5, 0.6) is 0 Å².